The van der Waals surface area contributed by atoms with Crippen molar-refractivity contribution in [3.05, 3.63) is 59.8 Å². The van der Waals surface area contributed by atoms with Gasteiger partial charge in [-0.15, -0.1) is 0 Å². The van der Waals surface area contributed by atoms with E-state index in [1.54, 1.807) is 11.6 Å². The van der Waals surface area contributed by atoms with Crippen LogP contribution >= 0.6 is 0 Å². The maximum absolute atomic E-state index is 12.4. The number of nitrogens with zero attached hydrogens (tertiary/aromatic N) is 4. The van der Waals surface area contributed by atoms with Gasteiger partial charge in [-0.3, -0.25) is 0 Å². The van der Waals surface area contributed by atoms with Crippen LogP contribution in [0.4, 0.5) is 5.95 Å². The normalized spacial score (nSPS) is 16.7. The van der Waals surface area contributed by atoms with E-state index < -0.39 is 12.0 Å². The summed E-state index contributed by atoms with van der Waals surface area (Å²) in [6, 6.07) is 9.15. The number of carbonyl (C=O) groups is 1. The zero-order valence-corrected chi connectivity index (χ0v) is 12.1. The molecule has 0 unspecified atom stereocenters. The lowest BCUT2D eigenvalue weighted by Gasteiger charge is -2.27. The fraction of sp³-hybridized carbons (Fsp3) is 0.200. The van der Waals surface area contributed by atoms with E-state index in [2.05, 4.69) is 27.4 Å². The lowest BCUT2D eigenvalue weighted by Crippen LogP contribution is -2.29. The summed E-state index contributed by atoms with van der Waals surface area (Å²) >= 11 is 0. The van der Waals surface area contributed by atoms with Crippen LogP contribution in [0.3, 0.4) is 0 Å². The van der Waals surface area contributed by atoms with Crippen LogP contribution in [0.15, 0.2) is 54.3 Å². The Hall–Kier alpha value is -2.96. The molecular formula is C15H15N5O2. The first kappa shape index (κ1) is 14.0. The van der Waals surface area contributed by atoms with Crippen LogP contribution < -0.4 is 5.32 Å². The summed E-state index contributed by atoms with van der Waals surface area (Å²) in [6.07, 6.45) is 1.53. The Kier molecular flexibility index (Phi) is 3.69. The fourth-order valence-corrected chi connectivity index (χ4v) is 2.43. The monoisotopic (exact) mass is 297 g/mol. The number of nitrogens with one attached hydrogen (secondary N) is 1. The predicted molar refractivity (Wildman–Crippen MR) is 79.9 cm³/mol. The number of carbonyl (C=O) groups excluding carboxylic acids is 1. The summed E-state index contributed by atoms with van der Waals surface area (Å²) in [5.41, 5.74) is 2.06. The number of rotatable bonds is 4. The van der Waals surface area contributed by atoms with Crippen molar-refractivity contribution in [2.75, 3.05) is 11.9 Å². The summed E-state index contributed by atoms with van der Waals surface area (Å²) in [7, 11) is 0. The molecule has 2 aromatic rings. The van der Waals surface area contributed by atoms with E-state index in [-0.39, 0.29) is 6.61 Å². The van der Waals surface area contributed by atoms with Crippen molar-refractivity contribution in [1.82, 2.24) is 20.2 Å². The van der Waals surface area contributed by atoms with Gasteiger partial charge in [0.15, 0.2) is 0 Å². The molecule has 22 heavy (non-hydrogen) atoms. The predicted octanol–water partition coefficient (Wildman–Crippen LogP) is 1.69. The standard InChI is InChI=1S/C15H15N5O2/c1-3-9-22-14(21)12-10(2)16-15-17-18-19-20(15)13(12)11-7-5-4-6-8-11/h3-8,13H,1,9H2,2H3,(H,16,17,19)/t13-/m0/s1. The average Bonchev–Trinajstić information content (AvgIpc) is 2.99. The zero-order chi connectivity index (χ0) is 15.5. The van der Waals surface area contributed by atoms with Crippen LogP contribution in [-0.4, -0.2) is 32.8 Å². The molecule has 0 bridgehead atoms. The van der Waals surface area contributed by atoms with E-state index in [9.17, 15) is 4.79 Å². The molecule has 1 N–H and O–H groups in total. The van der Waals surface area contributed by atoms with Crippen molar-refractivity contribution in [2.24, 2.45) is 0 Å². The molecule has 0 saturated carbocycles. The fourth-order valence-electron chi connectivity index (χ4n) is 2.43. The Bertz CT molecular complexity index is 735. The summed E-state index contributed by atoms with van der Waals surface area (Å²) in [5.74, 6) is 0.0755. The summed E-state index contributed by atoms with van der Waals surface area (Å²) < 4.78 is 6.78. The number of aromatic nitrogens is 4. The van der Waals surface area contributed by atoms with Crippen LogP contribution in [0.5, 0.6) is 0 Å². The lowest BCUT2D eigenvalue weighted by atomic mass is 9.96. The maximum Gasteiger partial charge on any atom is 0.338 e. The number of ether oxygens (including phenoxy) is 1. The number of hydrogen-bond acceptors (Lipinski definition) is 6. The smallest absolute Gasteiger partial charge is 0.338 e. The van der Waals surface area contributed by atoms with Crippen LogP contribution in [-0.2, 0) is 9.53 Å². The molecule has 0 saturated heterocycles. The van der Waals surface area contributed by atoms with Gasteiger partial charge in [0, 0.05) is 5.70 Å². The summed E-state index contributed by atoms with van der Waals surface area (Å²) in [6.45, 7) is 5.51. The average molecular weight is 297 g/mol. The van der Waals surface area contributed by atoms with Crippen molar-refractivity contribution in [3.63, 3.8) is 0 Å². The first-order chi connectivity index (χ1) is 10.7. The van der Waals surface area contributed by atoms with Gasteiger partial charge in [0.1, 0.15) is 12.6 Å². The van der Waals surface area contributed by atoms with Gasteiger partial charge in [0.2, 0.25) is 5.95 Å². The number of allylic oxidation sites excluding steroid dienone is 1. The minimum Gasteiger partial charge on any atom is -0.458 e. The second-order valence-corrected chi connectivity index (χ2v) is 4.81. The minimum atomic E-state index is -0.426. The molecule has 3 rings (SSSR count). The van der Waals surface area contributed by atoms with E-state index >= 15 is 0 Å². The third-order valence-corrected chi connectivity index (χ3v) is 3.38. The third kappa shape index (κ3) is 2.37. The molecule has 7 heteroatoms. The molecule has 2 heterocycles. The molecule has 7 nitrogen and oxygen atoms in total. The number of tetrazole rings is 1. The van der Waals surface area contributed by atoms with Crippen LogP contribution in [0.25, 0.3) is 0 Å². The number of esters is 1. The third-order valence-electron chi connectivity index (χ3n) is 3.38. The number of anilines is 1. The molecule has 0 amide bonds. The van der Waals surface area contributed by atoms with Gasteiger partial charge in [-0.25, -0.2) is 4.79 Å². The molecule has 0 fully saturated rings. The van der Waals surface area contributed by atoms with Gasteiger partial charge < -0.3 is 10.1 Å². The molecule has 112 valence electrons. The Balaban J connectivity index is 2.08. The summed E-state index contributed by atoms with van der Waals surface area (Å²) in [5, 5.41) is 14.6. The van der Waals surface area contributed by atoms with Gasteiger partial charge in [-0.2, -0.15) is 4.68 Å². The molecule has 0 aliphatic carbocycles. The molecule has 1 aromatic carbocycles. The number of benzene rings is 1. The first-order valence-electron chi connectivity index (χ1n) is 6.81. The largest absolute Gasteiger partial charge is 0.458 e. The van der Waals surface area contributed by atoms with Crippen LogP contribution in [0, 0.1) is 0 Å². The van der Waals surface area contributed by atoms with Crippen molar-refractivity contribution in [3.8, 4) is 0 Å². The van der Waals surface area contributed by atoms with Crippen molar-refractivity contribution in [2.45, 2.75) is 13.0 Å². The highest BCUT2D eigenvalue weighted by atomic mass is 16.5. The highest BCUT2D eigenvalue weighted by molar-refractivity contribution is 5.92. The van der Waals surface area contributed by atoms with E-state index in [1.807, 2.05) is 30.3 Å². The topological polar surface area (TPSA) is 81.9 Å². The minimum absolute atomic E-state index is 0.152. The number of fused-ring (bicyclic) bond motifs is 1. The van der Waals surface area contributed by atoms with Crippen molar-refractivity contribution < 1.29 is 9.53 Å². The number of hydrogen-bond donors (Lipinski definition) is 1. The van der Waals surface area contributed by atoms with Gasteiger partial charge in [-0.05, 0) is 22.9 Å². The van der Waals surface area contributed by atoms with Gasteiger partial charge >= 0.3 is 5.97 Å². The van der Waals surface area contributed by atoms with E-state index in [0.29, 0.717) is 17.2 Å². The van der Waals surface area contributed by atoms with Crippen molar-refractivity contribution in [1.29, 1.82) is 0 Å². The SMILES string of the molecule is C=CCOC(=O)C1=C(C)Nc2nnnn2[C@H]1c1ccccc1. The molecular weight excluding hydrogens is 282 g/mol. The molecule has 1 aliphatic heterocycles. The maximum atomic E-state index is 12.4. The first-order valence-corrected chi connectivity index (χ1v) is 6.81. The molecule has 1 aliphatic rings. The highest BCUT2D eigenvalue weighted by Crippen LogP contribution is 2.34. The van der Waals surface area contributed by atoms with Crippen LogP contribution in [0.1, 0.15) is 18.5 Å². The Morgan fingerprint density at radius 3 is 2.95 bits per heavy atom. The van der Waals surface area contributed by atoms with E-state index in [0.717, 1.165) is 5.56 Å². The zero-order valence-electron chi connectivity index (χ0n) is 12.1. The highest BCUT2D eigenvalue weighted by Gasteiger charge is 2.34. The molecule has 0 spiro atoms. The van der Waals surface area contributed by atoms with E-state index in [4.69, 9.17) is 4.74 Å². The second-order valence-electron chi connectivity index (χ2n) is 4.81. The summed E-state index contributed by atoms with van der Waals surface area (Å²) in [4.78, 5) is 12.4. The Morgan fingerprint density at radius 1 is 1.45 bits per heavy atom. The van der Waals surface area contributed by atoms with Gasteiger partial charge in [0.05, 0.1) is 5.57 Å². The quantitative estimate of drug-likeness (QED) is 0.683. The van der Waals surface area contributed by atoms with Crippen LogP contribution in [0.2, 0.25) is 0 Å². The van der Waals surface area contributed by atoms with E-state index in [1.165, 1.54) is 6.08 Å². The van der Waals surface area contributed by atoms with Gasteiger partial charge in [-0.1, -0.05) is 48.1 Å². The Morgan fingerprint density at radius 2 is 2.23 bits per heavy atom. The second kappa shape index (κ2) is 5.80. The molecule has 1 atom stereocenters. The molecule has 1 aromatic heterocycles. The van der Waals surface area contributed by atoms with Gasteiger partial charge in [0.25, 0.3) is 0 Å². The lowest BCUT2D eigenvalue weighted by molar-refractivity contribution is -0.138. The Labute approximate surface area is 127 Å². The van der Waals surface area contributed by atoms with Crippen molar-refractivity contribution >= 4 is 11.9 Å². The molecule has 0 radical (unpaired) electrons.